The molecule has 0 saturated carbocycles. The Morgan fingerprint density at radius 2 is 1.00 bits per heavy atom. The predicted molar refractivity (Wildman–Crippen MR) is 123 cm³/mol. The molecule has 29 heavy (non-hydrogen) atoms. The van der Waals surface area contributed by atoms with Crippen molar-refractivity contribution in [2.45, 2.75) is 104 Å². The van der Waals surface area contributed by atoms with Crippen LogP contribution in [0.2, 0.25) is 0 Å². The van der Waals surface area contributed by atoms with Gasteiger partial charge in [0.2, 0.25) is 0 Å². The van der Waals surface area contributed by atoms with E-state index in [1.54, 1.807) is 12.1 Å². The number of aryl methyl sites for hydroxylation is 1. The summed E-state index contributed by atoms with van der Waals surface area (Å²) in [4.78, 5) is 0. The molecule has 0 amide bonds. The molecule has 1 aromatic carbocycles. The lowest BCUT2D eigenvalue weighted by molar-refractivity contribution is -0.367. The van der Waals surface area contributed by atoms with Crippen molar-refractivity contribution in [2.24, 2.45) is 0 Å². The molecule has 0 saturated heterocycles. The van der Waals surface area contributed by atoms with Crippen molar-refractivity contribution in [1.29, 1.82) is 0 Å². The van der Waals surface area contributed by atoms with Gasteiger partial charge >= 0.3 is 0 Å². The molecular formula is C24H49BN2O2. The second kappa shape index (κ2) is 25.2. The van der Waals surface area contributed by atoms with Crippen LogP contribution < -0.4 is 27.0 Å². The van der Waals surface area contributed by atoms with E-state index >= 15 is 0 Å². The first kappa shape index (κ1) is 30.3. The number of benzene rings is 1. The summed E-state index contributed by atoms with van der Waals surface area (Å²) in [5.74, 6) is 0. The number of rotatable bonds is 14. The second-order valence-electron chi connectivity index (χ2n) is 7.71. The normalized spacial score (nSPS) is 9.90. The Morgan fingerprint density at radius 1 is 0.621 bits per heavy atom. The molecule has 0 radical (unpaired) electrons. The van der Waals surface area contributed by atoms with Crippen LogP contribution in [0.4, 0.5) is 0 Å². The van der Waals surface area contributed by atoms with Crippen LogP contribution in [-0.4, -0.2) is 20.2 Å². The Bertz CT molecular complexity index is 406. The zero-order valence-electron chi connectivity index (χ0n) is 19.7. The molecule has 0 unspecified atom stereocenters. The maximum absolute atomic E-state index is 10.7. The van der Waals surface area contributed by atoms with Gasteiger partial charge in [-0.2, -0.15) is 0 Å². The number of hydrogen-bond acceptors (Lipinski definition) is 2. The van der Waals surface area contributed by atoms with Crippen molar-refractivity contribution in [2.75, 3.05) is 13.1 Å². The SMILES string of the molecule is CCCCCCCCCCCCc1ccc(B([O-])[O-])cc1.CCC[NH3+].CCC[NH3+]. The maximum atomic E-state index is 10.7. The molecular weight excluding hydrogens is 359 g/mol. The summed E-state index contributed by atoms with van der Waals surface area (Å²) in [6.07, 6.45) is 16.9. The van der Waals surface area contributed by atoms with Gasteiger partial charge in [0.15, 0.2) is 0 Å². The molecule has 1 aromatic rings. The third kappa shape index (κ3) is 23.3. The van der Waals surface area contributed by atoms with E-state index in [1.807, 2.05) is 12.1 Å². The molecule has 0 aliphatic heterocycles. The van der Waals surface area contributed by atoms with Crippen LogP contribution >= 0.6 is 0 Å². The van der Waals surface area contributed by atoms with Gasteiger partial charge in [-0.3, -0.25) is 0 Å². The van der Waals surface area contributed by atoms with Crippen LogP contribution in [0.1, 0.15) is 103 Å². The molecule has 1 rings (SSSR count). The standard InChI is InChI=1S/C18H29BO2.2C3H9N/c1-2-3-4-5-6-7-8-9-10-11-12-17-13-15-18(16-14-17)19(20)21;2*1-2-3-4/h13-16H,2-12H2,1H3;2*2-4H2,1H3/q-2;;/p+2. The molecule has 0 atom stereocenters. The highest BCUT2D eigenvalue weighted by molar-refractivity contribution is 6.55. The first-order valence-electron chi connectivity index (χ1n) is 12.1. The molecule has 0 heterocycles. The summed E-state index contributed by atoms with van der Waals surface area (Å²) in [6, 6.07) is 7.20. The largest absolute Gasteiger partial charge is 0.889 e. The van der Waals surface area contributed by atoms with Crippen molar-refractivity contribution < 1.29 is 21.5 Å². The van der Waals surface area contributed by atoms with Gasteiger partial charge in [-0.1, -0.05) is 110 Å². The van der Waals surface area contributed by atoms with E-state index in [0.717, 1.165) is 19.5 Å². The fourth-order valence-electron chi connectivity index (χ4n) is 2.66. The lowest BCUT2D eigenvalue weighted by atomic mass is 9.80. The van der Waals surface area contributed by atoms with Gasteiger partial charge in [0.1, 0.15) is 0 Å². The lowest BCUT2D eigenvalue weighted by Crippen LogP contribution is -2.55. The molecule has 170 valence electrons. The summed E-state index contributed by atoms with van der Waals surface area (Å²) in [7, 11) is -1.85. The minimum atomic E-state index is -1.85. The van der Waals surface area contributed by atoms with Crippen molar-refractivity contribution in [3.05, 3.63) is 29.8 Å². The fourth-order valence-corrected chi connectivity index (χ4v) is 2.66. The number of quaternary nitrogens is 2. The third-order valence-corrected chi connectivity index (χ3v) is 4.78. The monoisotopic (exact) mass is 408 g/mol. The van der Waals surface area contributed by atoms with E-state index < -0.39 is 7.12 Å². The lowest BCUT2D eigenvalue weighted by Gasteiger charge is -2.26. The predicted octanol–water partition coefficient (Wildman–Crippen LogP) is 1.84. The molecule has 6 N–H and O–H groups in total. The number of hydrogen-bond donors (Lipinski definition) is 2. The van der Waals surface area contributed by atoms with Crippen LogP contribution in [-0.2, 0) is 6.42 Å². The Labute approximate surface area is 181 Å². The Morgan fingerprint density at radius 3 is 1.34 bits per heavy atom. The van der Waals surface area contributed by atoms with Crippen LogP contribution in [0.3, 0.4) is 0 Å². The minimum absolute atomic E-state index is 0.349. The van der Waals surface area contributed by atoms with Crippen LogP contribution in [0.25, 0.3) is 0 Å². The summed E-state index contributed by atoms with van der Waals surface area (Å²) < 4.78 is 0. The smallest absolute Gasteiger partial charge is 0.0737 e. The average molecular weight is 408 g/mol. The zero-order chi connectivity index (χ0) is 22.2. The fraction of sp³-hybridized carbons (Fsp3) is 0.750. The van der Waals surface area contributed by atoms with Crippen molar-refractivity contribution in [3.8, 4) is 0 Å². The van der Waals surface area contributed by atoms with E-state index in [-0.39, 0.29) is 0 Å². The molecule has 0 spiro atoms. The first-order valence-corrected chi connectivity index (χ1v) is 12.1. The van der Waals surface area contributed by atoms with Gasteiger partial charge in [0.05, 0.1) is 13.1 Å². The Kier molecular flexibility index (Phi) is 26.3. The van der Waals surface area contributed by atoms with Crippen molar-refractivity contribution in [1.82, 2.24) is 0 Å². The van der Waals surface area contributed by atoms with Gasteiger partial charge in [0.25, 0.3) is 0 Å². The maximum Gasteiger partial charge on any atom is 0.0737 e. The molecule has 4 nitrogen and oxygen atoms in total. The summed E-state index contributed by atoms with van der Waals surface area (Å²) in [6.45, 7) is 8.63. The van der Waals surface area contributed by atoms with Crippen LogP contribution in [0.15, 0.2) is 24.3 Å². The summed E-state index contributed by atoms with van der Waals surface area (Å²) >= 11 is 0. The minimum Gasteiger partial charge on any atom is -0.889 e. The van der Waals surface area contributed by atoms with Crippen LogP contribution in [0.5, 0.6) is 0 Å². The van der Waals surface area contributed by atoms with Gasteiger partial charge in [-0.05, 0) is 31.2 Å². The Balaban J connectivity index is 0. The van der Waals surface area contributed by atoms with Crippen molar-refractivity contribution >= 4 is 12.6 Å². The van der Waals surface area contributed by atoms with E-state index in [4.69, 9.17) is 0 Å². The topological polar surface area (TPSA) is 101 Å². The van der Waals surface area contributed by atoms with E-state index in [9.17, 15) is 10.0 Å². The average Bonchev–Trinajstić information content (AvgIpc) is 2.75. The highest BCUT2D eigenvalue weighted by atomic mass is 16.4. The molecule has 5 heteroatoms. The van der Waals surface area contributed by atoms with E-state index in [1.165, 1.54) is 82.6 Å². The quantitative estimate of drug-likeness (QED) is 0.362. The molecule has 0 aliphatic rings. The van der Waals surface area contributed by atoms with Crippen molar-refractivity contribution in [3.63, 3.8) is 0 Å². The van der Waals surface area contributed by atoms with Gasteiger partial charge in [0, 0.05) is 0 Å². The van der Waals surface area contributed by atoms with Gasteiger partial charge in [-0.25, -0.2) is 0 Å². The zero-order valence-corrected chi connectivity index (χ0v) is 19.7. The van der Waals surface area contributed by atoms with E-state index in [2.05, 4.69) is 32.2 Å². The molecule has 0 fully saturated rings. The summed E-state index contributed by atoms with van der Waals surface area (Å²) in [5, 5.41) is 21.5. The van der Waals surface area contributed by atoms with Gasteiger partial charge in [-0.15, -0.1) is 5.46 Å². The first-order chi connectivity index (χ1) is 14.1. The molecule has 0 bridgehead atoms. The molecule has 0 aliphatic carbocycles. The summed E-state index contributed by atoms with van der Waals surface area (Å²) in [5.41, 5.74) is 8.79. The Hall–Kier alpha value is -0.875. The highest BCUT2D eigenvalue weighted by Crippen LogP contribution is 2.12. The van der Waals surface area contributed by atoms with E-state index in [0.29, 0.717) is 5.46 Å². The molecule has 0 aromatic heterocycles. The second-order valence-corrected chi connectivity index (χ2v) is 7.71. The van der Waals surface area contributed by atoms with Gasteiger partial charge < -0.3 is 21.5 Å². The third-order valence-electron chi connectivity index (χ3n) is 4.78. The van der Waals surface area contributed by atoms with Crippen LogP contribution in [0, 0.1) is 0 Å². The highest BCUT2D eigenvalue weighted by Gasteiger charge is 1.95. The number of unbranched alkanes of at least 4 members (excludes halogenated alkanes) is 9.